The number of aliphatic hydroxyl groups excluding tert-OH is 1. The Morgan fingerprint density at radius 1 is 1.04 bits per heavy atom. The Hall–Kier alpha value is -2.73. The number of aliphatic hydroxyl groups is 1. The van der Waals surface area contributed by atoms with Crippen LogP contribution in [0.25, 0.3) is 10.4 Å². The van der Waals surface area contributed by atoms with Gasteiger partial charge in [-0.2, -0.15) is 0 Å². The van der Waals surface area contributed by atoms with Gasteiger partial charge in [0.25, 0.3) is 0 Å². The fourth-order valence-corrected chi connectivity index (χ4v) is 3.25. The summed E-state index contributed by atoms with van der Waals surface area (Å²) >= 11 is 0. The van der Waals surface area contributed by atoms with Crippen molar-refractivity contribution < 1.29 is 14.6 Å². The Kier molecular flexibility index (Phi) is 3.74. The zero-order chi connectivity index (χ0) is 16.5. The minimum Gasteiger partial charge on any atom is -0.453 e. The lowest BCUT2D eigenvalue weighted by Crippen LogP contribution is -2.54. The van der Waals surface area contributed by atoms with E-state index in [1.54, 1.807) is 0 Å². The summed E-state index contributed by atoms with van der Waals surface area (Å²) < 4.78 is 11.6. The summed E-state index contributed by atoms with van der Waals surface area (Å²) in [6, 6.07) is 14.3. The summed E-state index contributed by atoms with van der Waals surface area (Å²) in [4.78, 5) is 4.83. The zero-order valence-corrected chi connectivity index (χ0v) is 12.8. The Bertz CT molecular complexity index is 760. The van der Waals surface area contributed by atoms with Gasteiger partial charge in [-0.05, 0) is 29.8 Å². The summed E-state index contributed by atoms with van der Waals surface area (Å²) in [5.41, 5.74) is 10.4. The lowest BCUT2D eigenvalue weighted by atomic mass is 9.98. The highest BCUT2D eigenvalue weighted by atomic mass is 16.5. The molecule has 0 aliphatic carbocycles. The molecule has 0 radical (unpaired) electrons. The molecule has 0 bridgehead atoms. The SMILES string of the molecule is [N-]=[N+]=N[C@@H]1COC[C@H](N2c3ccccc3Oc3ccccc32)[C@H]1O. The van der Waals surface area contributed by atoms with Crippen molar-refractivity contribution in [3.05, 3.63) is 59.0 Å². The molecule has 2 heterocycles. The van der Waals surface area contributed by atoms with E-state index < -0.39 is 12.1 Å². The number of rotatable bonds is 2. The predicted molar refractivity (Wildman–Crippen MR) is 88.6 cm³/mol. The Morgan fingerprint density at radius 3 is 2.29 bits per heavy atom. The molecule has 1 N–H and O–H groups in total. The number of nitrogens with zero attached hydrogens (tertiary/aromatic N) is 4. The third-order valence-corrected chi connectivity index (χ3v) is 4.37. The number of benzene rings is 2. The Morgan fingerprint density at radius 2 is 1.67 bits per heavy atom. The van der Waals surface area contributed by atoms with Crippen molar-refractivity contribution in [2.45, 2.75) is 18.2 Å². The molecule has 7 heteroatoms. The van der Waals surface area contributed by atoms with Crippen molar-refractivity contribution in [2.24, 2.45) is 5.11 Å². The summed E-state index contributed by atoms with van der Waals surface area (Å²) in [6.45, 7) is 0.552. The third-order valence-electron chi connectivity index (χ3n) is 4.37. The van der Waals surface area contributed by atoms with Gasteiger partial charge < -0.3 is 19.5 Å². The van der Waals surface area contributed by atoms with E-state index in [0.29, 0.717) is 18.1 Å². The molecular formula is C17H16N4O3. The first-order chi connectivity index (χ1) is 11.8. The number of azide groups is 1. The highest BCUT2D eigenvalue weighted by molar-refractivity contribution is 5.78. The van der Waals surface area contributed by atoms with E-state index in [4.69, 9.17) is 15.0 Å². The van der Waals surface area contributed by atoms with Crippen LogP contribution in [0, 0.1) is 0 Å². The van der Waals surface area contributed by atoms with Crippen LogP contribution in [0.4, 0.5) is 11.4 Å². The van der Waals surface area contributed by atoms with Gasteiger partial charge in [0.2, 0.25) is 0 Å². The third kappa shape index (κ3) is 2.35. The van der Waals surface area contributed by atoms with Crippen molar-refractivity contribution in [3.8, 4) is 11.5 Å². The van der Waals surface area contributed by atoms with Crippen molar-refractivity contribution in [2.75, 3.05) is 18.1 Å². The molecule has 0 aromatic heterocycles. The lowest BCUT2D eigenvalue weighted by molar-refractivity contribution is -0.0193. The van der Waals surface area contributed by atoms with Crippen molar-refractivity contribution in [1.82, 2.24) is 0 Å². The summed E-state index contributed by atoms with van der Waals surface area (Å²) in [6.07, 6.45) is -0.839. The smallest absolute Gasteiger partial charge is 0.151 e. The summed E-state index contributed by atoms with van der Waals surface area (Å²) in [7, 11) is 0. The van der Waals surface area contributed by atoms with Gasteiger partial charge in [0.05, 0.1) is 42.8 Å². The van der Waals surface area contributed by atoms with Gasteiger partial charge in [0, 0.05) is 4.91 Å². The molecule has 24 heavy (non-hydrogen) atoms. The largest absolute Gasteiger partial charge is 0.453 e. The van der Waals surface area contributed by atoms with Crippen molar-refractivity contribution >= 4 is 11.4 Å². The van der Waals surface area contributed by atoms with Gasteiger partial charge in [-0.15, -0.1) is 0 Å². The average Bonchev–Trinajstić information content (AvgIpc) is 2.62. The molecule has 2 aliphatic heterocycles. The average molecular weight is 324 g/mol. The van der Waals surface area contributed by atoms with Gasteiger partial charge in [-0.1, -0.05) is 29.4 Å². The molecule has 3 atom stereocenters. The minimum absolute atomic E-state index is 0.218. The maximum Gasteiger partial charge on any atom is 0.151 e. The molecule has 0 amide bonds. The predicted octanol–water partition coefficient (Wildman–Crippen LogP) is 3.37. The maximum atomic E-state index is 10.7. The quantitative estimate of drug-likeness (QED) is 0.521. The van der Waals surface area contributed by atoms with Crippen LogP contribution in [0.2, 0.25) is 0 Å². The molecule has 1 saturated heterocycles. The first-order valence-electron chi connectivity index (χ1n) is 7.75. The minimum atomic E-state index is -0.839. The standard InChI is InChI=1S/C17H16N4O3/c18-20-19-11-9-23-10-14(17(11)22)21-12-5-1-3-7-15(12)24-16-8-4-2-6-13(16)21/h1-8,11,14,17,22H,9-10H2/t11-,14+,17+/m1/s1. The second-order valence-electron chi connectivity index (χ2n) is 5.78. The second kappa shape index (κ2) is 6.05. The van der Waals surface area contributed by atoms with Crippen LogP contribution in [0.5, 0.6) is 11.5 Å². The normalized spacial score (nSPS) is 25.0. The second-order valence-corrected chi connectivity index (χ2v) is 5.78. The molecule has 2 aromatic rings. The number of fused-ring (bicyclic) bond motifs is 2. The number of anilines is 2. The van der Waals surface area contributed by atoms with E-state index >= 15 is 0 Å². The van der Waals surface area contributed by atoms with Crippen molar-refractivity contribution in [1.29, 1.82) is 0 Å². The van der Waals surface area contributed by atoms with E-state index in [0.717, 1.165) is 11.4 Å². The van der Waals surface area contributed by atoms with E-state index in [1.807, 2.05) is 53.4 Å². The highest BCUT2D eigenvalue weighted by Crippen LogP contribution is 2.48. The number of ether oxygens (including phenoxy) is 2. The van der Waals surface area contributed by atoms with Gasteiger partial charge in [0.1, 0.15) is 0 Å². The lowest BCUT2D eigenvalue weighted by Gasteiger charge is -2.43. The molecule has 1 fully saturated rings. The molecule has 122 valence electrons. The van der Waals surface area contributed by atoms with Crippen LogP contribution in [-0.4, -0.2) is 36.5 Å². The van der Waals surface area contributed by atoms with E-state index in [1.165, 1.54) is 0 Å². The Balaban J connectivity index is 1.81. The monoisotopic (exact) mass is 324 g/mol. The van der Waals surface area contributed by atoms with Crippen molar-refractivity contribution in [3.63, 3.8) is 0 Å². The van der Waals surface area contributed by atoms with Crippen LogP contribution in [0.3, 0.4) is 0 Å². The molecular weight excluding hydrogens is 308 g/mol. The topological polar surface area (TPSA) is 90.7 Å². The molecule has 0 saturated carbocycles. The van der Waals surface area contributed by atoms with Crippen LogP contribution in [0.15, 0.2) is 53.6 Å². The van der Waals surface area contributed by atoms with Gasteiger partial charge >= 0.3 is 0 Å². The molecule has 0 spiro atoms. The van der Waals surface area contributed by atoms with Crippen LogP contribution in [0.1, 0.15) is 0 Å². The van der Waals surface area contributed by atoms with Crippen LogP contribution >= 0.6 is 0 Å². The fourth-order valence-electron chi connectivity index (χ4n) is 3.25. The molecule has 4 rings (SSSR count). The van der Waals surface area contributed by atoms with Gasteiger partial charge in [-0.3, -0.25) is 0 Å². The fraction of sp³-hybridized carbons (Fsp3) is 0.294. The summed E-state index contributed by atoms with van der Waals surface area (Å²) in [5, 5.41) is 14.4. The van der Waals surface area contributed by atoms with Crippen LogP contribution < -0.4 is 9.64 Å². The molecule has 2 aliphatic rings. The molecule has 7 nitrogen and oxygen atoms in total. The maximum absolute atomic E-state index is 10.7. The zero-order valence-electron chi connectivity index (χ0n) is 12.8. The summed E-state index contributed by atoms with van der Waals surface area (Å²) in [5.74, 6) is 1.43. The highest BCUT2D eigenvalue weighted by Gasteiger charge is 2.39. The Labute approximate surface area is 138 Å². The first kappa shape index (κ1) is 14.8. The number of para-hydroxylation sites is 4. The first-order valence-corrected chi connectivity index (χ1v) is 7.75. The van der Waals surface area contributed by atoms with E-state index in [2.05, 4.69) is 10.0 Å². The number of hydrogen-bond donors (Lipinski definition) is 1. The molecule has 0 unspecified atom stereocenters. The van der Waals surface area contributed by atoms with E-state index in [9.17, 15) is 5.11 Å². The number of hydrogen-bond acceptors (Lipinski definition) is 5. The van der Waals surface area contributed by atoms with E-state index in [-0.39, 0.29) is 12.6 Å². The molecule has 2 aromatic carbocycles. The van der Waals surface area contributed by atoms with Gasteiger partial charge in [-0.25, -0.2) is 0 Å². The van der Waals surface area contributed by atoms with Crippen LogP contribution in [-0.2, 0) is 4.74 Å². The van der Waals surface area contributed by atoms with Gasteiger partial charge in [0.15, 0.2) is 11.5 Å².